The molecule has 34 heavy (non-hydrogen) atoms. The van der Waals surface area contributed by atoms with Gasteiger partial charge in [0, 0.05) is 29.7 Å². The van der Waals surface area contributed by atoms with Gasteiger partial charge in [-0.1, -0.05) is 30.9 Å². The molecule has 0 radical (unpaired) electrons. The van der Waals surface area contributed by atoms with Gasteiger partial charge in [0.1, 0.15) is 18.2 Å². The van der Waals surface area contributed by atoms with E-state index >= 15 is 0 Å². The summed E-state index contributed by atoms with van der Waals surface area (Å²) in [6, 6.07) is 8.62. The van der Waals surface area contributed by atoms with Crippen molar-refractivity contribution in [2.45, 2.75) is 44.5 Å². The van der Waals surface area contributed by atoms with Crippen LogP contribution < -0.4 is 5.32 Å². The second-order valence-corrected chi connectivity index (χ2v) is 8.72. The average molecular weight is 464 g/mol. The molecule has 0 spiro atoms. The SMILES string of the molecule is C=C/C=C(\C=C/C)CC1(C(=O)Nc2ccc3c(c2)COC3=O)CC(C)(c2cc(F)ccc2O)O1. The number of benzene rings is 2. The van der Waals surface area contributed by atoms with Gasteiger partial charge in [-0.3, -0.25) is 4.79 Å². The summed E-state index contributed by atoms with van der Waals surface area (Å²) in [7, 11) is 0. The number of halogens is 1. The van der Waals surface area contributed by atoms with Gasteiger partial charge in [0.15, 0.2) is 5.60 Å². The van der Waals surface area contributed by atoms with E-state index < -0.39 is 17.0 Å². The molecule has 2 aromatic rings. The zero-order chi connectivity index (χ0) is 24.5. The normalized spacial score (nSPS) is 23.9. The number of hydrogen-bond acceptors (Lipinski definition) is 5. The molecule has 0 aromatic heterocycles. The number of ether oxygens (including phenoxy) is 2. The summed E-state index contributed by atoms with van der Waals surface area (Å²) in [6.45, 7) is 7.49. The Balaban J connectivity index is 1.64. The van der Waals surface area contributed by atoms with Gasteiger partial charge in [0.05, 0.1) is 11.2 Å². The van der Waals surface area contributed by atoms with E-state index in [1.165, 1.54) is 18.2 Å². The Morgan fingerprint density at radius 1 is 1.29 bits per heavy atom. The molecule has 7 heteroatoms. The van der Waals surface area contributed by atoms with Gasteiger partial charge in [-0.25, -0.2) is 9.18 Å². The van der Waals surface area contributed by atoms with Crippen molar-refractivity contribution in [1.82, 2.24) is 0 Å². The molecule has 1 amide bonds. The first kappa shape index (κ1) is 23.4. The number of rotatable bonds is 7. The molecular weight excluding hydrogens is 437 g/mol. The molecule has 2 heterocycles. The Morgan fingerprint density at radius 2 is 2.06 bits per heavy atom. The summed E-state index contributed by atoms with van der Waals surface area (Å²) in [4.78, 5) is 25.3. The number of carbonyl (C=O) groups is 2. The Kier molecular flexibility index (Phi) is 6.15. The predicted octanol–water partition coefficient (Wildman–Crippen LogP) is 5.29. The Labute approximate surface area is 197 Å². The Bertz CT molecular complexity index is 1220. The van der Waals surface area contributed by atoms with Crippen molar-refractivity contribution in [3.8, 4) is 5.75 Å². The number of nitrogens with one attached hydrogen (secondary N) is 1. The minimum absolute atomic E-state index is 0.100. The number of allylic oxidation sites excluding steroid dienone is 4. The number of anilines is 1. The van der Waals surface area contributed by atoms with Crippen LogP contribution in [-0.2, 0) is 26.5 Å². The number of esters is 1. The van der Waals surface area contributed by atoms with E-state index in [4.69, 9.17) is 9.47 Å². The maximum absolute atomic E-state index is 13.9. The summed E-state index contributed by atoms with van der Waals surface area (Å²) < 4.78 is 25.2. The fraction of sp³-hybridized carbons (Fsp3) is 0.259. The van der Waals surface area contributed by atoms with Gasteiger partial charge in [0.25, 0.3) is 5.91 Å². The van der Waals surface area contributed by atoms with Crippen LogP contribution in [0.15, 0.2) is 72.9 Å². The van der Waals surface area contributed by atoms with Crippen molar-refractivity contribution in [2.75, 3.05) is 5.32 Å². The van der Waals surface area contributed by atoms with Gasteiger partial charge in [-0.2, -0.15) is 0 Å². The van der Waals surface area contributed by atoms with Crippen LogP contribution in [0.3, 0.4) is 0 Å². The van der Waals surface area contributed by atoms with Gasteiger partial charge in [-0.05, 0) is 55.8 Å². The smallest absolute Gasteiger partial charge is 0.338 e. The van der Waals surface area contributed by atoms with Crippen LogP contribution >= 0.6 is 0 Å². The summed E-state index contributed by atoms with van der Waals surface area (Å²) in [6.07, 6.45) is 7.61. The Morgan fingerprint density at radius 3 is 2.76 bits per heavy atom. The number of phenols is 1. The average Bonchev–Trinajstić information content (AvgIpc) is 3.14. The van der Waals surface area contributed by atoms with E-state index in [2.05, 4.69) is 11.9 Å². The number of fused-ring (bicyclic) bond motifs is 1. The molecule has 1 saturated heterocycles. The van der Waals surface area contributed by atoms with Crippen LogP contribution in [0.2, 0.25) is 0 Å². The third kappa shape index (κ3) is 4.26. The molecule has 2 aliphatic heterocycles. The van der Waals surface area contributed by atoms with Crippen LogP contribution in [0, 0.1) is 5.82 Å². The molecule has 0 saturated carbocycles. The van der Waals surface area contributed by atoms with Crippen molar-refractivity contribution in [3.63, 3.8) is 0 Å². The molecule has 0 bridgehead atoms. The lowest BCUT2D eigenvalue weighted by Gasteiger charge is -2.54. The van der Waals surface area contributed by atoms with E-state index in [0.717, 1.165) is 5.57 Å². The lowest BCUT2D eigenvalue weighted by atomic mass is 9.72. The van der Waals surface area contributed by atoms with Crippen LogP contribution in [0.4, 0.5) is 10.1 Å². The topological polar surface area (TPSA) is 84.9 Å². The molecule has 1 fully saturated rings. The lowest BCUT2D eigenvalue weighted by Crippen LogP contribution is -2.62. The molecule has 2 aliphatic rings. The summed E-state index contributed by atoms with van der Waals surface area (Å²) >= 11 is 0. The highest BCUT2D eigenvalue weighted by atomic mass is 19.1. The number of phenolic OH excluding ortho intramolecular Hbond substituents is 1. The minimum atomic E-state index is -1.27. The fourth-order valence-electron chi connectivity index (χ4n) is 4.68. The van der Waals surface area contributed by atoms with E-state index in [-0.39, 0.29) is 42.6 Å². The monoisotopic (exact) mass is 463 g/mol. The highest BCUT2D eigenvalue weighted by Crippen LogP contribution is 2.53. The highest BCUT2D eigenvalue weighted by molar-refractivity contribution is 6.00. The number of hydrogen-bond donors (Lipinski definition) is 2. The fourth-order valence-corrected chi connectivity index (χ4v) is 4.68. The molecule has 2 N–H and O–H groups in total. The molecule has 0 aliphatic carbocycles. The van der Waals surface area contributed by atoms with E-state index in [1.54, 1.807) is 37.3 Å². The summed E-state index contributed by atoms with van der Waals surface area (Å²) in [5.74, 6) is -1.37. The summed E-state index contributed by atoms with van der Waals surface area (Å²) in [5.41, 5.74) is 0.459. The first-order valence-electron chi connectivity index (χ1n) is 10.9. The zero-order valence-corrected chi connectivity index (χ0v) is 19.1. The van der Waals surface area contributed by atoms with E-state index in [1.807, 2.05) is 19.1 Å². The van der Waals surface area contributed by atoms with E-state index in [9.17, 15) is 19.1 Å². The number of amides is 1. The first-order valence-corrected chi connectivity index (χ1v) is 10.9. The van der Waals surface area contributed by atoms with Gasteiger partial charge in [0.2, 0.25) is 0 Å². The van der Waals surface area contributed by atoms with Crippen molar-refractivity contribution >= 4 is 17.6 Å². The number of cyclic esters (lactones) is 1. The minimum Gasteiger partial charge on any atom is -0.508 e. The molecule has 4 rings (SSSR count). The number of carbonyl (C=O) groups excluding carboxylic acids is 2. The van der Waals surface area contributed by atoms with Crippen molar-refractivity contribution in [2.24, 2.45) is 0 Å². The second-order valence-electron chi connectivity index (χ2n) is 8.72. The zero-order valence-electron chi connectivity index (χ0n) is 19.1. The summed E-state index contributed by atoms with van der Waals surface area (Å²) in [5, 5.41) is 13.2. The molecule has 2 aromatic carbocycles. The third-order valence-electron chi connectivity index (χ3n) is 6.13. The van der Waals surface area contributed by atoms with Crippen molar-refractivity contribution in [1.29, 1.82) is 0 Å². The lowest BCUT2D eigenvalue weighted by molar-refractivity contribution is -0.258. The van der Waals surface area contributed by atoms with Crippen LogP contribution in [-0.4, -0.2) is 22.6 Å². The number of aromatic hydroxyl groups is 1. The highest BCUT2D eigenvalue weighted by Gasteiger charge is 2.59. The first-order chi connectivity index (χ1) is 16.2. The van der Waals surface area contributed by atoms with Gasteiger partial charge < -0.3 is 19.9 Å². The largest absolute Gasteiger partial charge is 0.508 e. The van der Waals surface area contributed by atoms with Gasteiger partial charge in [-0.15, -0.1) is 0 Å². The van der Waals surface area contributed by atoms with Crippen LogP contribution in [0.5, 0.6) is 5.75 Å². The third-order valence-corrected chi connectivity index (χ3v) is 6.13. The van der Waals surface area contributed by atoms with Crippen molar-refractivity contribution < 1.29 is 28.6 Å². The maximum atomic E-state index is 13.9. The molecule has 176 valence electrons. The van der Waals surface area contributed by atoms with Crippen LogP contribution in [0.1, 0.15) is 48.2 Å². The standard InChI is InChI=1S/C27H26FNO5/c1-4-6-17(7-5-2)14-27(16-26(3,34-27)22-13-19(28)8-11-23(22)30)25(32)29-20-9-10-21-18(12-20)15-33-24(21)31/h4-13,30H,1,14-16H2,2-3H3,(H,29,32)/b7-5-,17-6+. The predicted molar refractivity (Wildman–Crippen MR) is 126 cm³/mol. The molecule has 2 unspecified atom stereocenters. The molecule has 6 nitrogen and oxygen atoms in total. The van der Waals surface area contributed by atoms with Crippen molar-refractivity contribution in [3.05, 3.63) is 95.4 Å². The quantitative estimate of drug-likeness (QED) is 0.430. The second kappa shape index (κ2) is 8.91. The Hall–Kier alpha value is -3.71. The van der Waals surface area contributed by atoms with E-state index in [0.29, 0.717) is 16.8 Å². The maximum Gasteiger partial charge on any atom is 0.338 e. The molecule has 2 atom stereocenters. The van der Waals surface area contributed by atoms with Crippen LogP contribution in [0.25, 0.3) is 0 Å². The molecular formula is C27H26FNO5. The van der Waals surface area contributed by atoms with Gasteiger partial charge >= 0.3 is 5.97 Å².